The fourth-order valence-corrected chi connectivity index (χ4v) is 4.92. The maximum absolute atomic E-state index is 12.3. The van der Waals surface area contributed by atoms with Gasteiger partial charge in [-0.2, -0.15) is 0 Å². The van der Waals surface area contributed by atoms with E-state index in [0.717, 1.165) is 9.79 Å². The van der Waals surface area contributed by atoms with Gasteiger partial charge in [0.05, 0.1) is 21.0 Å². The molecule has 0 amide bonds. The number of benzene rings is 4. The lowest BCUT2D eigenvalue weighted by Crippen LogP contribution is -2.08. The van der Waals surface area contributed by atoms with Crippen LogP contribution in [-0.4, -0.2) is 21.8 Å². The summed E-state index contributed by atoms with van der Waals surface area (Å²) in [6.07, 6.45) is 0. The molecule has 12 heteroatoms. The second kappa shape index (κ2) is 12.0. The van der Waals surface area contributed by atoms with Crippen molar-refractivity contribution in [2.75, 3.05) is 0 Å². The average molecular weight is 549 g/mol. The number of ether oxygens (including phenoxy) is 2. The largest absolute Gasteiger partial charge is 0.423 e. The first kappa shape index (κ1) is 26.4. The first-order chi connectivity index (χ1) is 18.3. The topological polar surface area (TPSA) is 139 Å². The van der Waals surface area contributed by atoms with E-state index in [1.165, 1.54) is 70.1 Å². The summed E-state index contributed by atoms with van der Waals surface area (Å²) >= 11 is 0. The van der Waals surface area contributed by atoms with E-state index in [1.807, 2.05) is 0 Å². The summed E-state index contributed by atoms with van der Waals surface area (Å²) in [5.74, 6) is -0.761. The van der Waals surface area contributed by atoms with E-state index in [9.17, 15) is 29.8 Å². The van der Waals surface area contributed by atoms with Gasteiger partial charge in [-0.1, -0.05) is 21.6 Å². The van der Waals surface area contributed by atoms with E-state index in [-0.39, 0.29) is 22.9 Å². The molecule has 0 aliphatic rings. The number of hydrogen-bond donors (Lipinski definition) is 0. The van der Waals surface area contributed by atoms with Crippen LogP contribution in [0.4, 0.5) is 11.4 Å². The van der Waals surface area contributed by atoms with E-state index in [4.69, 9.17) is 9.47 Å². The summed E-state index contributed by atoms with van der Waals surface area (Å²) in [6, 6.07) is 24.0. The van der Waals surface area contributed by atoms with Crippen molar-refractivity contribution >= 4 is 44.9 Å². The Balaban J connectivity index is 1.28. The van der Waals surface area contributed by atoms with Gasteiger partial charge in [-0.25, -0.2) is 9.59 Å². The van der Waals surface area contributed by atoms with E-state index < -0.39 is 21.8 Å². The Bertz CT molecular complexity index is 1360. The van der Waals surface area contributed by atoms with Crippen LogP contribution in [0.1, 0.15) is 20.7 Å². The van der Waals surface area contributed by atoms with Crippen LogP contribution < -0.4 is 9.47 Å². The highest BCUT2D eigenvalue weighted by Gasteiger charge is 2.13. The summed E-state index contributed by atoms with van der Waals surface area (Å²) in [4.78, 5) is 46.8. The maximum atomic E-state index is 12.3. The molecule has 0 radical (unpaired) electrons. The van der Waals surface area contributed by atoms with Crippen LogP contribution in [0.2, 0.25) is 0 Å². The summed E-state index contributed by atoms with van der Waals surface area (Å²) in [7, 11) is 2.90. The number of carbonyl (C=O) groups is 2. The molecule has 4 aromatic rings. The fraction of sp³-hybridized carbons (Fsp3) is 0. The molecule has 0 spiro atoms. The lowest BCUT2D eigenvalue weighted by Gasteiger charge is -2.06. The first-order valence-corrected chi connectivity index (χ1v) is 12.9. The zero-order valence-corrected chi connectivity index (χ0v) is 20.8. The molecule has 4 rings (SSSR count). The van der Waals surface area contributed by atoms with E-state index in [0.29, 0.717) is 11.1 Å². The van der Waals surface area contributed by atoms with Gasteiger partial charge in [0.1, 0.15) is 11.5 Å². The maximum Gasteiger partial charge on any atom is 0.343 e. The number of esters is 2. The van der Waals surface area contributed by atoms with Crippen LogP contribution in [0.5, 0.6) is 11.5 Å². The normalized spacial score (nSPS) is 10.4. The number of rotatable bonds is 9. The highest BCUT2D eigenvalue weighted by Crippen LogP contribution is 2.37. The van der Waals surface area contributed by atoms with Crippen molar-refractivity contribution in [1.29, 1.82) is 0 Å². The summed E-state index contributed by atoms with van der Waals surface area (Å²) in [6.45, 7) is 0. The van der Waals surface area contributed by atoms with Gasteiger partial charge in [-0.3, -0.25) is 20.2 Å². The Labute approximate surface area is 223 Å². The summed E-state index contributed by atoms with van der Waals surface area (Å²) < 4.78 is 10.5. The minimum atomic E-state index is -0.584. The second-order valence-electron chi connectivity index (χ2n) is 7.50. The molecule has 4 aromatic carbocycles. The molecule has 0 N–H and O–H groups in total. The van der Waals surface area contributed by atoms with Crippen molar-refractivity contribution in [2.45, 2.75) is 9.79 Å². The monoisotopic (exact) mass is 548 g/mol. The molecule has 0 aliphatic heterocycles. The number of carbonyl (C=O) groups excluding carboxylic acids is 2. The van der Waals surface area contributed by atoms with Crippen LogP contribution in [0, 0.1) is 20.2 Å². The Kier molecular flexibility index (Phi) is 8.36. The van der Waals surface area contributed by atoms with Crippen molar-refractivity contribution in [3.05, 3.63) is 128 Å². The third-order valence-electron chi connectivity index (χ3n) is 4.93. The Morgan fingerprint density at radius 2 is 0.842 bits per heavy atom. The van der Waals surface area contributed by atoms with Gasteiger partial charge in [0, 0.05) is 34.1 Å². The second-order valence-corrected chi connectivity index (χ2v) is 9.77. The quantitative estimate of drug-likeness (QED) is 0.0726. The van der Waals surface area contributed by atoms with Crippen LogP contribution >= 0.6 is 21.6 Å². The molecule has 0 heterocycles. The van der Waals surface area contributed by atoms with Gasteiger partial charge in [0.2, 0.25) is 0 Å². The Morgan fingerprint density at radius 1 is 0.526 bits per heavy atom. The lowest BCUT2D eigenvalue weighted by atomic mass is 10.2. The molecule has 190 valence electrons. The van der Waals surface area contributed by atoms with Gasteiger partial charge in [-0.15, -0.1) is 0 Å². The van der Waals surface area contributed by atoms with Crippen molar-refractivity contribution in [2.24, 2.45) is 0 Å². The van der Waals surface area contributed by atoms with Crippen LogP contribution in [0.3, 0.4) is 0 Å². The van der Waals surface area contributed by atoms with E-state index in [2.05, 4.69) is 0 Å². The van der Waals surface area contributed by atoms with Crippen LogP contribution in [-0.2, 0) is 0 Å². The van der Waals surface area contributed by atoms with Crippen LogP contribution in [0.15, 0.2) is 107 Å². The number of nitrogens with zero attached hydrogens (tertiary/aromatic N) is 2. The molecule has 0 aliphatic carbocycles. The first-order valence-electron chi connectivity index (χ1n) is 10.8. The minimum absolute atomic E-state index is 0.0968. The zero-order chi connectivity index (χ0) is 27.1. The molecule has 0 saturated heterocycles. The van der Waals surface area contributed by atoms with Crippen LogP contribution in [0.25, 0.3) is 0 Å². The molecule has 0 unspecified atom stereocenters. The molecular weight excluding hydrogens is 532 g/mol. The van der Waals surface area contributed by atoms with Crippen molar-refractivity contribution < 1.29 is 28.9 Å². The van der Waals surface area contributed by atoms with Gasteiger partial charge < -0.3 is 9.47 Å². The van der Waals surface area contributed by atoms with Crippen molar-refractivity contribution in [3.63, 3.8) is 0 Å². The molecule has 0 fully saturated rings. The Hall–Kier alpha value is -4.68. The molecule has 0 atom stereocenters. The molecule has 10 nitrogen and oxygen atoms in total. The molecule has 38 heavy (non-hydrogen) atoms. The average Bonchev–Trinajstić information content (AvgIpc) is 2.93. The fourth-order valence-electron chi connectivity index (χ4n) is 2.99. The third kappa shape index (κ3) is 6.96. The highest BCUT2D eigenvalue weighted by atomic mass is 33.1. The highest BCUT2D eigenvalue weighted by molar-refractivity contribution is 8.76. The van der Waals surface area contributed by atoms with E-state index >= 15 is 0 Å². The molecular formula is C26H16N2O8S2. The summed E-state index contributed by atoms with van der Waals surface area (Å²) in [5, 5.41) is 21.4. The Morgan fingerprint density at radius 3 is 1.13 bits per heavy atom. The predicted molar refractivity (Wildman–Crippen MR) is 141 cm³/mol. The molecule has 0 saturated carbocycles. The minimum Gasteiger partial charge on any atom is -0.423 e. The van der Waals surface area contributed by atoms with Gasteiger partial charge in [0.25, 0.3) is 11.4 Å². The van der Waals surface area contributed by atoms with Gasteiger partial charge in [-0.05, 0) is 72.8 Å². The number of hydrogen-bond acceptors (Lipinski definition) is 10. The standard InChI is InChI=1S/C26H16N2O8S2/c29-25(35-21-9-5-19(6-10-21)27(31)32)17-1-13-23(14-2-17)37-38-24-15-3-18(4-16-24)26(30)36-22-11-7-20(8-12-22)28(33)34/h1-16H. The predicted octanol–water partition coefficient (Wildman–Crippen LogP) is 6.74. The SMILES string of the molecule is O=C(Oc1ccc([N+](=O)[O-])cc1)c1ccc(SSc2ccc(C(=O)Oc3ccc([N+](=O)[O-])cc3)cc2)cc1. The van der Waals surface area contributed by atoms with Gasteiger partial charge in [0.15, 0.2) is 0 Å². The van der Waals surface area contributed by atoms with E-state index in [1.54, 1.807) is 48.5 Å². The molecule has 0 bridgehead atoms. The third-order valence-corrected chi connectivity index (χ3v) is 7.35. The van der Waals surface area contributed by atoms with Gasteiger partial charge >= 0.3 is 11.9 Å². The molecule has 0 aromatic heterocycles. The number of nitro benzene ring substituents is 2. The zero-order valence-electron chi connectivity index (χ0n) is 19.2. The smallest absolute Gasteiger partial charge is 0.343 e. The van der Waals surface area contributed by atoms with Crippen molar-refractivity contribution in [3.8, 4) is 11.5 Å². The summed E-state index contributed by atoms with van der Waals surface area (Å²) in [5.41, 5.74) is 0.461. The number of non-ortho nitro benzene ring substituents is 2. The van der Waals surface area contributed by atoms with Crippen molar-refractivity contribution in [1.82, 2.24) is 0 Å². The lowest BCUT2D eigenvalue weighted by molar-refractivity contribution is -0.385. The number of nitro groups is 2.